The Morgan fingerprint density at radius 1 is 1.30 bits per heavy atom. The first-order valence-electron chi connectivity index (χ1n) is 9.14. The van der Waals surface area contributed by atoms with Crippen molar-refractivity contribution in [2.75, 3.05) is 26.2 Å². The van der Waals surface area contributed by atoms with E-state index < -0.39 is 23.1 Å². The Morgan fingerprint density at radius 3 is 2.70 bits per heavy atom. The zero-order valence-corrected chi connectivity index (χ0v) is 15.3. The molecule has 1 saturated carbocycles. The molecule has 1 saturated heterocycles. The van der Waals surface area contributed by atoms with Crippen molar-refractivity contribution in [1.29, 1.82) is 0 Å². The highest BCUT2D eigenvalue weighted by Crippen LogP contribution is 2.48. The number of hydrogen-bond acceptors (Lipinski definition) is 3. The molecular formula is C19H24FN3O4. The highest BCUT2D eigenvalue weighted by Gasteiger charge is 2.55. The summed E-state index contributed by atoms with van der Waals surface area (Å²) in [7, 11) is 0. The normalized spacial score (nSPS) is 23.8. The molecule has 8 heteroatoms. The summed E-state index contributed by atoms with van der Waals surface area (Å²) < 4.78 is 13.5. The third-order valence-electron chi connectivity index (χ3n) is 5.70. The zero-order chi connectivity index (χ0) is 19.6. The number of hydrogen-bond donors (Lipinski definition) is 3. The van der Waals surface area contributed by atoms with Gasteiger partial charge in [0.15, 0.2) is 0 Å². The molecule has 0 aromatic heterocycles. The lowest BCUT2D eigenvalue weighted by atomic mass is 9.81. The SMILES string of the molecule is Cc1ccc(C(=O)NCCNC(=O)N2C[C@@H]3CCC[C@@]3(C(=O)O)C2)cc1F. The molecule has 0 spiro atoms. The number of amides is 3. The van der Waals surface area contributed by atoms with E-state index in [0.717, 1.165) is 12.8 Å². The van der Waals surface area contributed by atoms with Crippen LogP contribution in [0.4, 0.5) is 9.18 Å². The van der Waals surface area contributed by atoms with E-state index in [4.69, 9.17) is 0 Å². The fourth-order valence-electron chi connectivity index (χ4n) is 4.09. The number of carbonyl (C=O) groups is 3. The second-order valence-corrected chi connectivity index (χ2v) is 7.38. The lowest BCUT2D eigenvalue weighted by Gasteiger charge is -2.23. The molecule has 1 aromatic carbocycles. The van der Waals surface area contributed by atoms with E-state index >= 15 is 0 Å². The van der Waals surface area contributed by atoms with Crippen molar-refractivity contribution in [3.05, 3.63) is 35.1 Å². The Hall–Kier alpha value is -2.64. The summed E-state index contributed by atoms with van der Waals surface area (Å²) in [6.45, 7) is 2.70. The maximum atomic E-state index is 13.5. The molecule has 0 bridgehead atoms. The van der Waals surface area contributed by atoms with Gasteiger partial charge in [-0.25, -0.2) is 9.18 Å². The fourth-order valence-corrected chi connectivity index (χ4v) is 4.09. The van der Waals surface area contributed by atoms with Gasteiger partial charge < -0.3 is 20.6 Å². The lowest BCUT2D eigenvalue weighted by molar-refractivity contribution is -0.149. The summed E-state index contributed by atoms with van der Waals surface area (Å²) in [6, 6.07) is 3.94. The van der Waals surface area contributed by atoms with Gasteiger partial charge in [0.1, 0.15) is 5.82 Å². The highest BCUT2D eigenvalue weighted by atomic mass is 19.1. The Kier molecular flexibility index (Phi) is 5.34. The molecule has 146 valence electrons. The summed E-state index contributed by atoms with van der Waals surface area (Å²) in [5.41, 5.74) is -0.116. The predicted octanol–water partition coefficient (Wildman–Crippen LogP) is 1.76. The molecule has 1 aliphatic carbocycles. The average Bonchev–Trinajstić information content (AvgIpc) is 3.19. The van der Waals surface area contributed by atoms with Crippen LogP contribution < -0.4 is 10.6 Å². The minimum atomic E-state index is -0.821. The number of carbonyl (C=O) groups excluding carboxylic acids is 2. The molecule has 27 heavy (non-hydrogen) atoms. The standard InChI is InChI=1S/C19H24FN3O4/c1-12-4-5-13(9-15(12)20)16(24)21-7-8-22-18(27)23-10-14-3-2-6-19(14,11-23)17(25)26/h4-5,9,14H,2-3,6-8,10-11H2,1H3,(H,21,24)(H,22,27)(H,25,26)/t14-,19+/m0/s1. The van der Waals surface area contributed by atoms with Crippen molar-refractivity contribution >= 4 is 17.9 Å². The lowest BCUT2D eigenvalue weighted by Crippen LogP contribution is -2.44. The van der Waals surface area contributed by atoms with Crippen LogP contribution in [0.2, 0.25) is 0 Å². The second-order valence-electron chi connectivity index (χ2n) is 7.38. The quantitative estimate of drug-likeness (QED) is 0.681. The number of benzene rings is 1. The number of carboxylic acid groups (broad SMARTS) is 1. The van der Waals surface area contributed by atoms with Crippen LogP contribution in [-0.2, 0) is 4.79 Å². The van der Waals surface area contributed by atoms with Gasteiger partial charge in [-0.1, -0.05) is 12.5 Å². The number of aryl methyl sites for hydroxylation is 1. The van der Waals surface area contributed by atoms with Crippen LogP contribution in [-0.4, -0.2) is 54.1 Å². The molecule has 3 amide bonds. The average molecular weight is 377 g/mol. The van der Waals surface area contributed by atoms with Gasteiger partial charge in [0.05, 0.1) is 5.41 Å². The van der Waals surface area contributed by atoms with Crippen molar-refractivity contribution in [1.82, 2.24) is 15.5 Å². The van der Waals surface area contributed by atoms with E-state index in [-0.39, 0.29) is 37.1 Å². The van der Waals surface area contributed by atoms with Crippen molar-refractivity contribution in [3.63, 3.8) is 0 Å². The smallest absolute Gasteiger partial charge is 0.317 e. The summed E-state index contributed by atoms with van der Waals surface area (Å²) in [4.78, 5) is 37.5. The molecule has 1 heterocycles. The number of nitrogens with one attached hydrogen (secondary N) is 2. The Labute approximate surface area is 156 Å². The first kappa shape index (κ1) is 19.1. The molecule has 7 nitrogen and oxygen atoms in total. The Morgan fingerprint density at radius 2 is 2.04 bits per heavy atom. The van der Waals surface area contributed by atoms with Gasteiger partial charge in [0.2, 0.25) is 0 Å². The Bertz CT molecular complexity index is 769. The molecule has 2 atom stereocenters. The largest absolute Gasteiger partial charge is 0.481 e. The van der Waals surface area contributed by atoms with Crippen LogP contribution in [0.5, 0.6) is 0 Å². The molecule has 3 rings (SSSR count). The van der Waals surface area contributed by atoms with Crippen molar-refractivity contribution < 1.29 is 23.9 Å². The topological polar surface area (TPSA) is 98.7 Å². The number of rotatable bonds is 5. The van der Waals surface area contributed by atoms with Crippen LogP contribution in [0.25, 0.3) is 0 Å². The first-order chi connectivity index (χ1) is 12.8. The molecule has 3 N–H and O–H groups in total. The van der Waals surface area contributed by atoms with E-state index in [1.165, 1.54) is 12.1 Å². The van der Waals surface area contributed by atoms with E-state index in [0.29, 0.717) is 18.5 Å². The number of aliphatic carboxylic acids is 1. The van der Waals surface area contributed by atoms with Crippen LogP contribution in [0.3, 0.4) is 0 Å². The van der Waals surface area contributed by atoms with E-state index in [1.54, 1.807) is 17.9 Å². The van der Waals surface area contributed by atoms with Gasteiger partial charge in [0, 0.05) is 31.7 Å². The van der Waals surface area contributed by atoms with Crippen molar-refractivity contribution in [2.45, 2.75) is 26.2 Å². The summed E-state index contributed by atoms with van der Waals surface area (Å²) in [5.74, 6) is -1.67. The molecular weight excluding hydrogens is 353 g/mol. The minimum absolute atomic E-state index is 0.0110. The number of carboxylic acids is 1. The molecule has 0 unspecified atom stereocenters. The maximum Gasteiger partial charge on any atom is 0.317 e. The number of nitrogens with zero attached hydrogens (tertiary/aromatic N) is 1. The minimum Gasteiger partial charge on any atom is -0.481 e. The van der Waals surface area contributed by atoms with E-state index in [9.17, 15) is 23.9 Å². The monoisotopic (exact) mass is 377 g/mol. The van der Waals surface area contributed by atoms with Gasteiger partial charge in [-0.05, 0) is 43.4 Å². The maximum absolute atomic E-state index is 13.5. The van der Waals surface area contributed by atoms with Gasteiger partial charge in [0.25, 0.3) is 5.91 Å². The summed E-state index contributed by atoms with van der Waals surface area (Å²) >= 11 is 0. The van der Waals surface area contributed by atoms with Gasteiger partial charge in [-0.2, -0.15) is 0 Å². The van der Waals surface area contributed by atoms with Gasteiger partial charge >= 0.3 is 12.0 Å². The zero-order valence-electron chi connectivity index (χ0n) is 15.3. The number of halogens is 1. The van der Waals surface area contributed by atoms with Crippen molar-refractivity contribution in [3.8, 4) is 0 Å². The molecule has 2 aliphatic rings. The fraction of sp³-hybridized carbons (Fsp3) is 0.526. The number of fused-ring (bicyclic) bond motifs is 1. The van der Waals surface area contributed by atoms with Crippen molar-refractivity contribution in [2.24, 2.45) is 11.3 Å². The molecule has 0 radical (unpaired) electrons. The third kappa shape index (κ3) is 3.74. The number of likely N-dealkylation sites (tertiary alicyclic amines) is 1. The number of urea groups is 1. The van der Waals surface area contributed by atoms with Crippen LogP contribution in [0, 0.1) is 24.1 Å². The summed E-state index contributed by atoms with van der Waals surface area (Å²) in [6.07, 6.45) is 2.33. The molecule has 1 aliphatic heterocycles. The van der Waals surface area contributed by atoms with Crippen LogP contribution in [0.15, 0.2) is 18.2 Å². The van der Waals surface area contributed by atoms with Crippen LogP contribution >= 0.6 is 0 Å². The van der Waals surface area contributed by atoms with Gasteiger partial charge in [-0.15, -0.1) is 0 Å². The second kappa shape index (κ2) is 7.54. The predicted molar refractivity (Wildman–Crippen MR) is 95.9 cm³/mol. The first-order valence-corrected chi connectivity index (χ1v) is 9.14. The highest BCUT2D eigenvalue weighted by molar-refractivity contribution is 5.94. The van der Waals surface area contributed by atoms with E-state index in [2.05, 4.69) is 10.6 Å². The van der Waals surface area contributed by atoms with E-state index in [1.807, 2.05) is 0 Å². The van der Waals surface area contributed by atoms with Gasteiger partial charge in [-0.3, -0.25) is 9.59 Å². The third-order valence-corrected chi connectivity index (χ3v) is 5.70. The summed E-state index contributed by atoms with van der Waals surface area (Å²) in [5, 5.41) is 14.9. The Balaban J connectivity index is 1.44. The van der Waals surface area contributed by atoms with Crippen LogP contribution in [0.1, 0.15) is 35.2 Å². The molecule has 1 aromatic rings. The molecule has 2 fully saturated rings.